The topological polar surface area (TPSA) is 72.9 Å². The molecule has 2 aromatic carbocycles. The first-order chi connectivity index (χ1) is 12.0. The van der Waals surface area contributed by atoms with Crippen LogP contribution < -0.4 is 9.47 Å². The molecule has 1 heterocycles. The van der Waals surface area contributed by atoms with Crippen LogP contribution in [0.4, 0.5) is 0 Å². The number of ether oxygens (including phenoxy) is 2. The van der Waals surface area contributed by atoms with Gasteiger partial charge in [-0.3, -0.25) is 4.79 Å². The number of benzene rings is 2. The zero-order valence-electron chi connectivity index (χ0n) is 14.0. The van der Waals surface area contributed by atoms with E-state index in [1.165, 1.54) is 31.3 Å². The minimum Gasteiger partial charge on any atom is -0.497 e. The summed E-state index contributed by atoms with van der Waals surface area (Å²) in [4.78, 5) is 14.3. The molecule has 3 rings (SSSR count). The van der Waals surface area contributed by atoms with Crippen molar-refractivity contribution in [1.82, 2.24) is 4.90 Å². The molecule has 0 unspecified atom stereocenters. The smallest absolute Gasteiger partial charge is 0.257 e. The van der Waals surface area contributed by atoms with Crippen molar-refractivity contribution in [3.8, 4) is 11.5 Å². The number of nitrogens with zero attached hydrogens (tertiary/aromatic N) is 1. The van der Waals surface area contributed by atoms with Gasteiger partial charge in [-0.05, 0) is 36.4 Å². The van der Waals surface area contributed by atoms with Crippen LogP contribution in [0.2, 0.25) is 0 Å². The number of carbonyl (C=O) groups is 1. The monoisotopic (exact) mass is 361 g/mol. The third kappa shape index (κ3) is 3.19. The molecule has 1 aliphatic heterocycles. The molecule has 0 N–H and O–H groups in total. The molecule has 1 saturated heterocycles. The summed E-state index contributed by atoms with van der Waals surface area (Å²) < 4.78 is 35.5. The third-order valence-corrected chi connectivity index (χ3v) is 6.40. The summed E-state index contributed by atoms with van der Waals surface area (Å²) in [6.07, 6.45) is 0. The molecule has 0 saturated carbocycles. The fourth-order valence-corrected chi connectivity index (χ4v) is 4.40. The Morgan fingerprint density at radius 2 is 1.64 bits per heavy atom. The Morgan fingerprint density at radius 3 is 2.24 bits per heavy atom. The SMILES string of the molecule is COc1ccc(S(=O)(=O)C2CN(C(=O)c3ccccc3OC)C2)cc1. The van der Waals surface area contributed by atoms with Crippen molar-refractivity contribution in [3.63, 3.8) is 0 Å². The van der Waals surface area contributed by atoms with Crippen LogP contribution in [-0.4, -0.2) is 51.8 Å². The van der Waals surface area contributed by atoms with Gasteiger partial charge >= 0.3 is 0 Å². The molecule has 1 fully saturated rings. The lowest BCUT2D eigenvalue weighted by Gasteiger charge is -2.38. The minimum atomic E-state index is -3.47. The van der Waals surface area contributed by atoms with Gasteiger partial charge in [0.05, 0.1) is 24.7 Å². The Labute approximate surface area is 146 Å². The lowest BCUT2D eigenvalue weighted by atomic mass is 10.1. The standard InChI is InChI=1S/C18H19NO5S/c1-23-13-7-9-14(10-8-13)25(21,22)15-11-19(12-15)18(20)16-5-3-4-6-17(16)24-2/h3-10,15H,11-12H2,1-2H3. The maximum atomic E-state index is 12.6. The molecule has 7 heteroatoms. The number of amides is 1. The molecule has 25 heavy (non-hydrogen) atoms. The van der Waals surface area contributed by atoms with E-state index in [1.807, 2.05) is 0 Å². The van der Waals surface area contributed by atoms with Crippen molar-refractivity contribution in [2.45, 2.75) is 10.1 Å². The van der Waals surface area contributed by atoms with Gasteiger partial charge in [-0.1, -0.05) is 12.1 Å². The van der Waals surface area contributed by atoms with Gasteiger partial charge in [-0.25, -0.2) is 8.42 Å². The molecule has 0 radical (unpaired) electrons. The molecular weight excluding hydrogens is 342 g/mol. The van der Waals surface area contributed by atoms with Crippen LogP contribution in [0.1, 0.15) is 10.4 Å². The first-order valence-corrected chi connectivity index (χ1v) is 9.32. The van der Waals surface area contributed by atoms with Crippen molar-refractivity contribution in [1.29, 1.82) is 0 Å². The van der Waals surface area contributed by atoms with Gasteiger partial charge in [0.25, 0.3) is 5.91 Å². The van der Waals surface area contributed by atoms with Crippen molar-refractivity contribution in [2.24, 2.45) is 0 Å². The van der Waals surface area contributed by atoms with Crippen LogP contribution in [0.15, 0.2) is 53.4 Å². The van der Waals surface area contributed by atoms with Gasteiger partial charge in [-0.2, -0.15) is 0 Å². The maximum Gasteiger partial charge on any atom is 0.257 e. The number of likely N-dealkylation sites (tertiary alicyclic amines) is 1. The molecule has 1 aliphatic rings. The van der Waals surface area contributed by atoms with Gasteiger partial charge in [0, 0.05) is 13.1 Å². The summed E-state index contributed by atoms with van der Waals surface area (Å²) in [5.41, 5.74) is 0.435. The first-order valence-electron chi connectivity index (χ1n) is 7.77. The minimum absolute atomic E-state index is 0.172. The third-order valence-electron chi connectivity index (χ3n) is 4.30. The number of methoxy groups -OCH3 is 2. The van der Waals surface area contributed by atoms with Crippen LogP contribution in [0, 0.1) is 0 Å². The predicted molar refractivity (Wildman–Crippen MR) is 92.9 cm³/mol. The fraction of sp³-hybridized carbons (Fsp3) is 0.278. The largest absolute Gasteiger partial charge is 0.497 e. The molecular formula is C18H19NO5S. The highest BCUT2D eigenvalue weighted by Crippen LogP contribution is 2.28. The summed E-state index contributed by atoms with van der Waals surface area (Å²) in [5, 5.41) is -0.598. The van der Waals surface area contributed by atoms with Crippen molar-refractivity contribution in [2.75, 3.05) is 27.3 Å². The molecule has 132 valence electrons. The molecule has 1 amide bonds. The summed E-state index contributed by atoms with van der Waals surface area (Å²) in [5.74, 6) is 0.855. The molecule has 0 atom stereocenters. The van der Waals surface area contributed by atoms with Crippen LogP contribution in [0.25, 0.3) is 0 Å². The molecule has 6 nitrogen and oxygen atoms in total. The van der Waals surface area contributed by atoms with Crippen LogP contribution in [0.3, 0.4) is 0 Å². The highest BCUT2D eigenvalue weighted by molar-refractivity contribution is 7.92. The molecule has 2 aromatic rings. The van der Waals surface area contributed by atoms with Gasteiger partial charge in [-0.15, -0.1) is 0 Å². The highest BCUT2D eigenvalue weighted by Gasteiger charge is 2.41. The number of para-hydroxylation sites is 1. The summed E-state index contributed by atoms with van der Waals surface area (Å²) in [6, 6.07) is 13.2. The Bertz CT molecular complexity index is 871. The second kappa shape index (κ2) is 6.76. The Kier molecular flexibility index (Phi) is 4.67. The average Bonchev–Trinajstić information content (AvgIpc) is 2.60. The summed E-state index contributed by atoms with van der Waals surface area (Å²) >= 11 is 0. The van der Waals surface area contributed by atoms with Crippen molar-refractivity contribution < 1.29 is 22.7 Å². The van der Waals surface area contributed by atoms with E-state index in [2.05, 4.69) is 0 Å². The maximum absolute atomic E-state index is 12.6. The quantitative estimate of drug-likeness (QED) is 0.814. The number of carbonyl (C=O) groups excluding carboxylic acids is 1. The lowest BCUT2D eigenvalue weighted by molar-refractivity contribution is 0.0655. The van der Waals surface area contributed by atoms with Gasteiger partial charge in [0.15, 0.2) is 9.84 Å². The summed E-state index contributed by atoms with van der Waals surface area (Å²) in [7, 11) is -0.448. The molecule has 0 spiro atoms. The average molecular weight is 361 g/mol. The Balaban J connectivity index is 1.71. The van der Waals surface area contributed by atoms with Crippen LogP contribution in [0.5, 0.6) is 11.5 Å². The fourth-order valence-electron chi connectivity index (χ4n) is 2.75. The van der Waals surface area contributed by atoms with Crippen molar-refractivity contribution in [3.05, 3.63) is 54.1 Å². The van der Waals surface area contributed by atoms with Gasteiger partial charge < -0.3 is 14.4 Å². The van der Waals surface area contributed by atoms with Crippen LogP contribution in [-0.2, 0) is 9.84 Å². The Morgan fingerprint density at radius 1 is 1.00 bits per heavy atom. The second-order valence-corrected chi connectivity index (χ2v) is 7.98. The first kappa shape index (κ1) is 17.3. The van der Waals surface area contributed by atoms with Crippen LogP contribution >= 0.6 is 0 Å². The summed E-state index contributed by atoms with van der Waals surface area (Å²) in [6.45, 7) is 0.344. The normalized spacial score (nSPS) is 14.7. The molecule has 0 aliphatic carbocycles. The second-order valence-electron chi connectivity index (χ2n) is 5.75. The van der Waals surface area contributed by atoms with E-state index in [1.54, 1.807) is 36.4 Å². The van der Waals surface area contributed by atoms with Gasteiger partial charge in [0.1, 0.15) is 16.7 Å². The van der Waals surface area contributed by atoms with E-state index >= 15 is 0 Å². The highest BCUT2D eigenvalue weighted by atomic mass is 32.2. The van der Waals surface area contributed by atoms with E-state index in [9.17, 15) is 13.2 Å². The lowest BCUT2D eigenvalue weighted by Crippen LogP contribution is -2.56. The number of rotatable bonds is 5. The Hall–Kier alpha value is -2.54. The zero-order chi connectivity index (χ0) is 18.0. The number of sulfone groups is 1. The zero-order valence-corrected chi connectivity index (χ0v) is 14.8. The van der Waals surface area contributed by atoms with E-state index in [0.717, 1.165) is 0 Å². The predicted octanol–water partition coefficient (Wildman–Crippen LogP) is 2.00. The number of hydrogen-bond acceptors (Lipinski definition) is 5. The van der Waals surface area contributed by atoms with E-state index in [-0.39, 0.29) is 23.9 Å². The molecule has 0 bridgehead atoms. The van der Waals surface area contributed by atoms with E-state index in [4.69, 9.17) is 9.47 Å². The molecule has 0 aromatic heterocycles. The van der Waals surface area contributed by atoms with Crippen molar-refractivity contribution >= 4 is 15.7 Å². The van der Waals surface area contributed by atoms with Gasteiger partial charge in [0.2, 0.25) is 0 Å². The number of hydrogen-bond donors (Lipinski definition) is 0. The van der Waals surface area contributed by atoms with E-state index < -0.39 is 15.1 Å². The van der Waals surface area contributed by atoms with E-state index in [0.29, 0.717) is 17.1 Å².